The first-order valence-electron chi connectivity index (χ1n) is 7.23. The van der Waals surface area contributed by atoms with Gasteiger partial charge in [0.05, 0.1) is 0 Å². The van der Waals surface area contributed by atoms with Crippen molar-refractivity contribution in [2.75, 3.05) is 26.4 Å². The molecule has 0 radical (unpaired) electrons. The van der Waals surface area contributed by atoms with E-state index in [2.05, 4.69) is 6.92 Å². The molecule has 0 aromatic carbocycles. The van der Waals surface area contributed by atoms with Crippen molar-refractivity contribution in [3.63, 3.8) is 0 Å². The first-order valence-corrected chi connectivity index (χ1v) is 11.0. The zero-order valence-electron chi connectivity index (χ0n) is 12.2. The van der Waals surface area contributed by atoms with Crippen LogP contribution in [-0.2, 0) is 17.7 Å². The molecule has 0 aliphatic carbocycles. The quantitative estimate of drug-likeness (QED) is 0.644. The molecule has 0 amide bonds. The zero-order chi connectivity index (χ0) is 13.4. The topological polar surface area (TPSA) is 36.9 Å². The molecule has 1 aliphatic rings. The maximum atomic E-state index is 6.02. The Morgan fingerprint density at radius 1 is 1.06 bits per heavy atom. The molecular weight excluding hydrogens is 264 g/mol. The summed E-state index contributed by atoms with van der Waals surface area (Å²) < 4.78 is 23.9. The molecule has 0 aromatic heterocycles. The second kappa shape index (κ2) is 8.45. The van der Waals surface area contributed by atoms with Gasteiger partial charge >= 0.3 is 8.80 Å². The summed E-state index contributed by atoms with van der Waals surface area (Å²) in [6.07, 6.45) is 2.48. The highest BCUT2D eigenvalue weighted by Gasteiger charge is 2.51. The normalized spacial score (nSPS) is 23.0. The molecular formula is C12H28O4Si2. The van der Waals surface area contributed by atoms with Crippen LogP contribution in [0.2, 0.25) is 11.2 Å². The van der Waals surface area contributed by atoms with Gasteiger partial charge < -0.3 is 17.7 Å². The Morgan fingerprint density at radius 2 is 1.61 bits per heavy atom. The van der Waals surface area contributed by atoms with Crippen LogP contribution in [0, 0.1) is 0 Å². The average molecular weight is 293 g/mol. The van der Waals surface area contributed by atoms with Gasteiger partial charge in [0.2, 0.25) is 0 Å². The first kappa shape index (κ1) is 16.3. The minimum Gasteiger partial charge on any atom is -0.420 e. The third kappa shape index (κ3) is 4.14. The molecule has 4 nitrogen and oxygen atoms in total. The Balaban J connectivity index is 2.76. The van der Waals surface area contributed by atoms with Crippen LogP contribution in [0.5, 0.6) is 0 Å². The molecule has 2 unspecified atom stereocenters. The standard InChI is InChI=1S/C12H28O4Si2/c1-5-14-18(15-6-2,16-7-3)12(4)17-11-9-8-10-13-17/h12,17H,5-11H2,1-4H3. The maximum Gasteiger partial charge on any atom is 0.503 e. The van der Waals surface area contributed by atoms with E-state index in [1.165, 1.54) is 18.9 Å². The molecule has 18 heavy (non-hydrogen) atoms. The lowest BCUT2D eigenvalue weighted by atomic mass is 10.4. The molecule has 1 heterocycles. The lowest BCUT2D eigenvalue weighted by Gasteiger charge is -2.37. The molecule has 0 spiro atoms. The highest BCUT2D eigenvalue weighted by molar-refractivity contribution is 6.78. The van der Waals surface area contributed by atoms with E-state index in [-0.39, 0.29) is 0 Å². The molecule has 0 saturated carbocycles. The summed E-state index contributed by atoms with van der Waals surface area (Å²) >= 11 is 0. The lowest BCUT2D eigenvalue weighted by Crippen LogP contribution is -2.55. The second-order valence-corrected chi connectivity index (χ2v) is 11.2. The van der Waals surface area contributed by atoms with Crippen LogP contribution < -0.4 is 0 Å². The maximum absolute atomic E-state index is 6.02. The van der Waals surface area contributed by atoms with Crippen LogP contribution in [-0.4, -0.2) is 44.3 Å². The fourth-order valence-corrected chi connectivity index (χ4v) is 10.3. The summed E-state index contributed by atoms with van der Waals surface area (Å²) in [4.78, 5) is 0. The van der Waals surface area contributed by atoms with Crippen LogP contribution in [0.15, 0.2) is 0 Å². The fraction of sp³-hybridized carbons (Fsp3) is 1.00. The predicted octanol–water partition coefficient (Wildman–Crippen LogP) is 2.50. The summed E-state index contributed by atoms with van der Waals surface area (Å²) in [6.45, 7) is 11.1. The number of hydrogen-bond donors (Lipinski definition) is 0. The van der Waals surface area contributed by atoms with Gasteiger partial charge in [-0.05, 0) is 33.2 Å². The van der Waals surface area contributed by atoms with Crippen molar-refractivity contribution >= 4 is 17.8 Å². The van der Waals surface area contributed by atoms with E-state index < -0.39 is 17.8 Å². The van der Waals surface area contributed by atoms with E-state index in [9.17, 15) is 0 Å². The third-order valence-corrected chi connectivity index (χ3v) is 11.7. The molecule has 6 heteroatoms. The second-order valence-electron chi connectivity index (χ2n) is 4.60. The van der Waals surface area contributed by atoms with E-state index in [4.69, 9.17) is 17.7 Å². The molecule has 0 bridgehead atoms. The van der Waals surface area contributed by atoms with E-state index in [0.29, 0.717) is 25.0 Å². The van der Waals surface area contributed by atoms with E-state index in [1.54, 1.807) is 0 Å². The monoisotopic (exact) mass is 292 g/mol. The summed E-state index contributed by atoms with van der Waals surface area (Å²) in [5.41, 5.74) is 0. The Labute approximate surface area is 114 Å². The molecule has 108 valence electrons. The van der Waals surface area contributed by atoms with Crippen molar-refractivity contribution in [3.8, 4) is 0 Å². The lowest BCUT2D eigenvalue weighted by molar-refractivity contribution is 0.0668. The first-order chi connectivity index (χ1) is 8.70. The van der Waals surface area contributed by atoms with Crippen molar-refractivity contribution < 1.29 is 17.7 Å². The summed E-state index contributed by atoms with van der Waals surface area (Å²) in [5.74, 6) is 0. The van der Waals surface area contributed by atoms with Crippen molar-refractivity contribution in [1.82, 2.24) is 0 Å². The van der Waals surface area contributed by atoms with Crippen molar-refractivity contribution in [1.29, 1.82) is 0 Å². The fourth-order valence-electron chi connectivity index (χ4n) is 2.51. The molecule has 1 aliphatic heterocycles. The van der Waals surface area contributed by atoms with Gasteiger partial charge in [-0.25, -0.2) is 0 Å². The molecule has 2 atom stereocenters. The van der Waals surface area contributed by atoms with Crippen LogP contribution in [0.3, 0.4) is 0 Å². The third-order valence-electron chi connectivity index (χ3n) is 3.37. The highest BCUT2D eigenvalue weighted by atomic mass is 28.4. The van der Waals surface area contributed by atoms with Gasteiger partial charge in [0.1, 0.15) is 0 Å². The van der Waals surface area contributed by atoms with Gasteiger partial charge in [-0.2, -0.15) is 0 Å². The van der Waals surface area contributed by atoms with Gasteiger partial charge in [-0.3, -0.25) is 0 Å². The molecule has 1 fully saturated rings. The van der Waals surface area contributed by atoms with Crippen LogP contribution in [0.4, 0.5) is 0 Å². The minimum absolute atomic E-state index is 0.345. The Morgan fingerprint density at radius 3 is 2.00 bits per heavy atom. The van der Waals surface area contributed by atoms with Crippen LogP contribution >= 0.6 is 0 Å². The van der Waals surface area contributed by atoms with Crippen molar-refractivity contribution in [2.45, 2.75) is 51.7 Å². The number of rotatable bonds is 8. The van der Waals surface area contributed by atoms with Gasteiger partial charge in [0, 0.05) is 31.6 Å². The smallest absolute Gasteiger partial charge is 0.420 e. The van der Waals surface area contributed by atoms with Gasteiger partial charge in [-0.15, -0.1) is 0 Å². The Hall–Kier alpha value is 0.274. The average Bonchev–Trinajstić information content (AvgIpc) is 2.39. The summed E-state index contributed by atoms with van der Waals surface area (Å²) in [7, 11) is -3.80. The van der Waals surface area contributed by atoms with Gasteiger partial charge in [-0.1, -0.05) is 13.3 Å². The Kier molecular flexibility index (Phi) is 7.66. The Bertz CT molecular complexity index is 205. The molecule has 1 rings (SSSR count). The van der Waals surface area contributed by atoms with E-state index in [1.807, 2.05) is 20.8 Å². The highest BCUT2D eigenvalue weighted by Crippen LogP contribution is 2.32. The largest absolute Gasteiger partial charge is 0.503 e. The minimum atomic E-state index is -2.55. The summed E-state index contributed by atoms with van der Waals surface area (Å²) in [6, 6.07) is 1.23. The van der Waals surface area contributed by atoms with E-state index >= 15 is 0 Å². The van der Waals surface area contributed by atoms with Crippen LogP contribution in [0.25, 0.3) is 0 Å². The molecule has 0 aromatic rings. The molecule has 0 N–H and O–H groups in total. The molecule has 1 saturated heterocycles. The van der Waals surface area contributed by atoms with Crippen molar-refractivity contribution in [2.24, 2.45) is 0 Å². The summed E-state index contributed by atoms with van der Waals surface area (Å²) in [5, 5.41) is 0.345. The van der Waals surface area contributed by atoms with Crippen molar-refractivity contribution in [3.05, 3.63) is 0 Å². The SMILES string of the molecule is CCO[Si](OCC)(OCC)C(C)[SiH]1CCCCO1. The van der Waals surface area contributed by atoms with Crippen LogP contribution in [0.1, 0.15) is 40.5 Å². The van der Waals surface area contributed by atoms with Gasteiger partial charge in [0.25, 0.3) is 0 Å². The van der Waals surface area contributed by atoms with E-state index in [0.717, 1.165) is 6.61 Å². The predicted molar refractivity (Wildman–Crippen MR) is 77.2 cm³/mol. The number of hydrogen-bond acceptors (Lipinski definition) is 4. The van der Waals surface area contributed by atoms with Gasteiger partial charge in [0.15, 0.2) is 9.04 Å². The zero-order valence-corrected chi connectivity index (χ0v) is 14.4.